The van der Waals surface area contributed by atoms with Crippen LogP contribution in [0.1, 0.15) is 65.7 Å². The first-order chi connectivity index (χ1) is 12.5. The van der Waals surface area contributed by atoms with Gasteiger partial charge in [0.05, 0.1) is 17.4 Å². The average Bonchev–Trinajstić information content (AvgIpc) is 3.06. The number of aromatic nitrogens is 3. The third kappa shape index (κ3) is 3.95. The van der Waals surface area contributed by atoms with Gasteiger partial charge in [-0.3, -0.25) is 4.99 Å². The summed E-state index contributed by atoms with van der Waals surface area (Å²) in [5, 5.41) is 8.75. The molecule has 0 atom stereocenters. The van der Waals surface area contributed by atoms with Crippen molar-refractivity contribution >= 4 is 22.9 Å². The van der Waals surface area contributed by atoms with Crippen LogP contribution < -0.4 is 0 Å². The Hall–Kier alpha value is -2.23. The van der Waals surface area contributed by atoms with Crippen LogP contribution in [0.2, 0.25) is 0 Å². The van der Waals surface area contributed by atoms with Crippen LogP contribution in [0.5, 0.6) is 0 Å². The van der Waals surface area contributed by atoms with Crippen LogP contribution in [0.15, 0.2) is 47.1 Å². The molecule has 1 aromatic carbocycles. The van der Waals surface area contributed by atoms with E-state index in [1.807, 2.05) is 36.0 Å². The van der Waals surface area contributed by atoms with E-state index < -0.39 is 0 Å². The molecule has 1 aliphatic rings. The van der Waals surface area contributed by atoms with E-state index in [9.17, 15) is 0 Å². The second-order valence-electron chi connectivity index (χ2n) is 7.74. The van der Waals surface area contributed by atoms with Gasteiger partial charge in [0.15, 0.2) is 0 Å². The largest absolute Gasteiger partial charge is 0.260 e. The van der Waals surface area contributed by atoms with E-state index in [4.69, 9.17) is 0 Å². The molecule has 0 bridgehead atoms. The number of fused-ring (bicyclic) bond motifs is 1. The summed E-state index contributed by atoms with van der Waals surface area (Å²) in [5.41, 5.74) is 5.49. The second kappa shape index (κ2) is 7.98. The molecule has 1 saturated carbocycles. The molecule has 0 unspecified atom stereocenters. The zero-order chi connectivity index (χ0) is 18.6. The Morgan fingerprint density at radius 3 is 2.65 bits per heavy atom. The van der Waals surface area contributed by atoms with E-state index in [0.29, 0.717) is 5.41 Å². The summed E-state index contributed by atoms with van der Waals surface area (Å²) in [6.45, 7) is 10.4. The summed E-state index contributed by atoms with van der Waals surface area (Å²) in [6.07, 6.45) is 11.0. The molecule has 2 aromatic rings. The highest BCUT2D eigenvalue weighted by Crippen LogP contribution is 2.44. The molecule has 0 radical (unpaired) electrons. The Kier molecular flexibility index (Phi) is 5.70. The summed E-state index contributed by atoms with van der Waals surface area (Å²) in [7, 11) is 0. The molecule has 1 heterocycles. The van der Waals surface area contributed by atoms with Gasteiger partial charge in [-0.25, -0.2) is 4.68 Å². The van der Waals surface area contributed by atoms with Gasteiger partial charge < -0.3 is 0 Å². The molecule has 4 heteroatoms. The van der Waals surface area contributed by atoms with Crippen LogP contribution in [0.4, 0.5) is 0 Å². The lowest BCUT2D eigenvalue weighted by atomic mass is 9.68. The topological polar surface area (TPSA) is 43.1 Å². The fourth-order valence-corrected chi connectivity index (χ4v) is 4.17. The minimum absolute atomic E-state index is 0.418. The molecule has 1 aromatic heterocycles. The van der Waals surface area contributed by atoms with Gasteiger partial charge in [0.2, 0.25) is 0 Å². The molecule has 3 rings (SSSR count). The first-order valence-corrected chi connectivity index (χ1v) is 9.75. The normalized spacial score (nSPS) is 18.3. The Bertz CT molecular complexity index is 835. The number of para-hydroxylation sites is 1. The van der Waals surface area contributed by atoms with E-state index in [0.717, 1.165) is 28.8 Å². The van der Waals surface area contributed by atoms with Crippen molar-refractivity contribution in [3.63, 3.8) is 0 Å². The second-order valence-corrected chi connectivity index (χ2v) is 7.74. The predicted molar refractivity (Wildman–Crippen MR) is 110 cm³/mol. The van der Waals surface area contributed by atoms with Gasteiger partial charge in [-0.2, -0.15) is 0 Å². The number of hydrogen-bond donors (Lipinski definition) is 0. The van der Waals surface area contributed by atoms with E-state index >= 15 is 0 Å². The predicted octanol–water partition coefficient (Wildman–Crippen LogP) is 6.02. The minimum Gasteiger partial charge on any atom is -0.260 e. The van der Waals surface area contributed by atoms with Crippen molar-refractivity contribution in [3.05, 3.63) is 42.1 Å². The van der Waals surface area contributed by atoms with Crippen LogP contribution in [-0.4, -0.2) is 21.2 Å². The molecule has 0 spiro atoms. The Morgan fingerprint density at radius 1 is 1.23 bits per heavy atom. The number of nitrogens with zero attached hydrogens (tertiary/aromatic N) is 4. The SMILES string of the molecule is C=C(C)/N=C\C(=C(/C)CC1(CC)CCCCC1)n1nnc2ccccc21. The molecule has 1 aliphatic carbocycles. The zero-order valence-electron chi connectivity index (χ0n) is 16.3. The molecule has 0 aliphatic heterocycles. The molecule has 26 heavy (non-hydrogen) atoms. The number of benzene rings is 1. The van der Waals surface area contributed by atoms with Gasteiger partial charge >= 0.3 is 0 Å². The smallest absolute Gasteiger partial charge is 0.113 e. The number of rotatable bonds is 6. The van der Waals surface area contributed by atoms with Crippen molar-refractivity contribution in [2.45, 2.75) is 65.7 Å². The van der Waals surface area contributed by atoms with Crippen LogP contribution in [0.3, 0.4) is 0 Å². The van der Waals surface area contributed by atoms with Crippen molar-refractivity contribution in [1.82, 2.24) is 15.0 Å². The summed E-state index contributed by atoms with van der Waals surface area (Å²) in [6, 6.07) is 8.08. The lowest BCUT2D eigenvalue weighted by Gasteiger charge is -2.37. The highest BCUT2D eigenvalue weighted by molar-refractivity contribution is 6.05. The third-order valence-electron chi connectivity index (χ3n) is 5.73. The molecular formula is C22H30N4. The summed E-state index contributed by atoms with van der Waals surface area (Å²) in [5.74, 6) is 0. The number of allylic oxidation sites excluding steroid dienone is 3. The fourth-order valence-electron chi connectivity index (χ4n) is 4.17. The van der Waals surface area contributed by atoms with Crippen molar-refractivity contribution in [3.8, 4) is 0 Å². The van der Waals surface area contributed by atoms with Crippen molar-refractivity contribution in [2.24, 2.45) is 10.4 Å². The molecule has 0 amide bonds. The fraction of sp³-hybridized carbons (Fsp3) is 0.500. The summed E-state index contributed by atoms with van der Waals surface area (Å²) >= 11 is 0. The maximum Gasteiger partial charge on any atom is 0.113 e. The molecule has 4 nitrogen and oxygen atoms in total. The number of aliphatic imine (C=N–C) groups is 1. The molecule has 0 saturated heterocycles. The van der Waals surface area contributed by atoms with Crippen LogP contribution in [-0.2, 0) is 0 Å². The van der Waals surface area contributed by atoms with Gasteiger partial charge in [0.25, 0.3) is 0 Å². The van der Waals surface area contributed by atoms with E-state index in [2.05, 4.69) is 41.8 Å². The van der Waals surface area contributed by atoms with E-state index in [-0.39, 0.29) is 0 Å². The Labute approximate surface area is 156 Å². The minimum atomic E-state index is 0.418. The lowest BCUT2D eigenvalue weighted by molar-refractivity contribution is 0.179. The van der Waals surface area contributed by atoms with Gasteiger partial charge in [-0.1, -0.05) is 56.5 Å². The Balaban J connectivity index is 2.04. The van der Waals surface area contributed by atoms with Crippen molar-refractivity contribution < 1.29 is 0 Å². The van der Waals surface area contributed by atoms with Crippen LogP contribution >= 0.6 is 0 Å². The maximum atomic E-state index is 4.48. The van der Waals surface area contributed by atoms with E-state index in [1.54, 1.807) is 0 Å². The van der Waals surface area contributed by atoms with Gasteiger partial charge in [-0.05, 0) is 56.2 Å². The summed E-state index contributed by atoms with van der Waals surface area (Å²) < 4.78 is 1.93. The van der Waals surface area contributed by atoms with Crippen LogP contribution in [0.25, 0.3) is 16.7 Å². The monoisotopic (exact) mass is 350 g/mol. The molecule has 1 fully saturated rings. The molecule has 0 N–H and O–H groups in total. The highest BCUT2D eigenvalue weighted by Gasteiger charge is 2.31. The zero-order valence-corrected chi connectivity index (χ0v) is 16.3. The average molecular weight is 351 g/mol. The van der Waals surface area contributed by atoms with Gasteiger partial charge in [0, 0.05) is 5.70 Å². The van der Waals surface area contributed by atoms with Crippen molar-refractivity contribution in [2.75, 3.05) is 0 Å². The number of hydrogen-bond acceptors (Lipinski definition) is 3. The first-order valence-electron chi connectivity index (χ1n) is 9.75. The molecule has 138 valence electrons. The van der Waals surface area contributed by atoms with Gasteiger partial charge in [0.1, 0.15) is 5.52 Å². The standard InChI is InChI=1S/C22H30N4/c1-5-22(13-9-6-10-14-22)15-18(4)21(16-23-17(2)3)26-20-12-8-7-11-19(20)24-25-26/h7-8,11-12,16H,2,5-6,9-10,13-15H2,1,3-4H3/b21-18-,23-16-. The summed E-state index contributed by atoms with van der Waals surface area (Å²) in [4.78, 5) is 4.48. The van der Waals surface area contributed by atoms with Crippen LogP contribution in [0, 0.1) is 5.41 Å². The highest BCUT2D eigenvalue weighted by atomic mass is 15.4. The van der Waals surface area contributed by atoms with Gasteiger partial charge in [-0.15, -0.1) is 5.10 Å². The first kappa shape index (κ1) is 18.6. The maximum absolute atomic E-state index is 4.48. The van der Waals surface area contributed by atoms with Crippen molar-refractivity contribution in [1.29, 1.82) is 0 Å². The Morgan fingerprint density at radius 2 is 1.96 bits per heavy atom. The molecular weight excluding hydrogens is 320 g/mol. The van der Waals surface area contributed by atoms with E-state index in [1.165, 1.54) is 44.1 Å². The third-order valence-corrected chi connectivity index (χ3v) is 5.73. The quantitative estimate of drug-likeness (QED) is 0.598. The lowest BCUT2D eigenvalue weighted by Crippen LogP contribution is -2.24.